The van der Waals surface area contributed by atoms with Gasteiger partial charge in [-0.2, -0.15) is 0 Å². The smallest absolute Gasteiger partial charge is 0.307 e. The lowest BCUT2D eigenvalue weighted by Crippen LogP contribution is -2.34. The van der Waals surface area contributed by atoms with Gasteiger partial charge in [0.25, 0.3) is 0 Å². The Morgan fingerprint density at radius 2 is 1.11 bits per heavy atom. The maximum Gasteiger partial charge on any atom is 0.307 e. The first-order valence-corrected chi connectivity index (χ1v) is 16.6. The van der Waals surface area contributed by atoms with Crippen molar-refractivity contribution in [2.45, 2.75) is 168 Å². The maximum absolute atomic E-state index is 12.9. The lowest BCUT2D eigenvalue weighted by molar-refractivity contribution is -0.145. The Bertz CT molecular complexity index is 469. The highest BCUT2D eigenvalue weighted by molar-refractivity contribution is 5.70. The Morgan fingerprint density at radius 3 is 1.62 bits per heavy atom. The molecule has 0 aliphatic rings. The largest absolute Gasteiger partial charge is 0.465 e. The number of carbonyl (C=O) groups is 1. The summed E-state index contributed by atoms with van der Waals surface area (Å²) in [6, 6.07) is 0.256. The third kappa shape index (κ3) is 26.8. The van der Waals surface area contributed by atoms with E-state index in [9.17, 15) is 4.79 Å². The summed E-state index contributed by atoms with van der Waals surface area (Å²) in [7, 11) is 4.24. The summed E-state index contributed by atoms with van der Waals surface area (Å²) < 4.78 is 5.92. The molecule has 37 heavy (non-hydrogen) atoms. The molecule has 0 saturated carbocycles. The first-order valence-electron chi connectivity index (χ1n) is 16.6. The molecule has 0 radical (unpaired) electrons. The van der Waals surface area contributed by atoms with Crippen LogP contribution in [-0.2, 0) is 9.53 Å². The zero-order chi connectivity index (χ0) is 27.4. The Labute approximate surface area is 233 Å². The summed E-state index contributed by atoms with van der Waals surface area (Å²) in [6.07, 6.45) is 27.6. The van der Waals surface area contributed by atoms with E-state index in [4.69, 9.17) is 4.74 Å². The standard InChI is InChI=1S/C33H68N2O2/c1-6-9-12-15-17-19-22-26-32(34-27-23-28-35(4)5)29-33(36)37-30-31(24-20-14-11-8-3)25-21-18-16-13-10-7-2/h31-32,34H,6-30H2,1-5H3. The van der Waals surface area contributed by atoms with E-state index in [2.05, 4.69) is 45.1 Å². The van der Waals surface area contributed by atoms with Crippen LogP contribution in [0.2, 0.25) is 0 Å². The second-order valence-electron chi connectivity index (χ2n) is 11.9. The number of carbonyl (C=O) groups excluding carboxylic acids is 1. The molecule has 0 bridgehead atoms. The van der Waals surface area contributed by atoms with Gasteiger partial charge in [-0.1, -0.05) is 130 Å². The van der Waals surface area contributed by atoms with Crippen LogP contribution in [0, 0.1) is 5.92 Å². The number of rotatable bonds is 29. The van der Waals surface area contributed by atoms with Gasteiger partial charge in [-0.15, -0.1) is 0 Å². The second-order valence-corrected chi connectivity index (χ2v) is 11.9. The van der Waals surface area contributed by atoms with Gasteiger partial charge in [-0.3, -0.25) is 4.79 Å². The predicted octanol–water partition coefficient (Wildman–Crippen LogP) is 9.31. The Kier molecular flexibility index (Phi) is 27.9. The molecule has 0 aliphatic heterocycles. The minimum atomic E-state index is 0.00885. The lowest BCUT2D eigenvalue weighted by atomic mass is 9.95. The van der Waals surface area contributed by atoms with Gasteiger partial charge in [-0.25, -0.2) is 0 Å². The van der Waals surface area contributed by atoms with E-state index in [0.717, 1.165) is 25.9 Å². The minimum Gasteiger partial charge on any atom is -0.465 e. The van der Waals surface area contributed by atoms with E-state index in [-0.39, 0.29) is 12.0 Å². The van der Waals surface area contributed by atoms with E-state index >= 15 is 0 Å². The Morgan fingerprint density at radius 1 is 0.649 bits per heavy atom. The fourth-order valence-corrected chi connectivity index (χ4v) is 5.18. The van der Waals surface area contributed by atoms with Crippen molar-refractivity contribution in [2.24, 2.45) is 5.92 Å². The normalized spacial score (nSPS) is 13.2. The van der Waals surface area contributed by atoms with Gasteiger partial charge in [0.1, 0.15) is 0 Å². The summed E-state index contributed by atoms with van der Waals surface area (Å²) in [4.78, 5) is 15.1. The minimum absolute atomic E-state index is 0.00885. The first-order chi connectivity index (χ1) is 18.0. The molecule has 1 N–H and O–H groups in total. The van der Waals surface area contributed by atoms with Crippen molar-refractivity contribution in [3.05, 3.63) is 0 Å². The monoisotopic (exact) mass is 525 g/mol. The van der Waals surface area contributed by atoms with Crippen molar-refractivity contribution >= 4 is 5.97 Å². The van der Waals surface area contributed by atoms with Crippen LogP contribution in [-0.4, -0.2) is 50.7 Å². The van der Waals surface area contributed by atoms with Crippen molar-refractivity contribution in [2.75, 3.05) is 33.8 Å². The molecular formula is C33H68N2O2. The molecule has 0 fully saturated rings. The fraction of sp³-hybridized carbons (Fsp3) is 0.970. The van der Waals surface area contributed by atoms with Crippen LogP contribution in [0.1, 0.15) is 162 Å². The highest BCUT2D eigenvalue weighted by atomic mass is 16.5. The highest BCUT2D eigenvalue weighted by Gasteiger charge is 2.17. The highest BCUT2D eigenvalue weighted by Crippen LogP contribution is 2.20. The number of nitrogens with zero attached hydrogens (tertiary/aromatic N) is 1. The molecule has 0 spiro atoms. The SMILES string of the molecule is CCCCCCCCCC(CC(=O)OCC(CCCCCC)CCCCCCCC)NCCCN(C)C. The van der Waals surface area contributed by atoms with Crippen LogP contribution in [0.5, 0.6) is 0 Å². The molecule has 2 atom stereocenters. The van der Waals surface area contributed by atoms with Crippen molar-refractivity contribution in [1.29, 1.82) is 0 Å². The summed E-state index contributed by atoms with van der Waals surface area (Å²) in [6.45, 7) is 9.51. The summed E-state index contributed by atoms with van der Waals surface area (Å²) >= 11 is 0. The van der Waals surface area contributed by atoms with Crippen molar-refractivity contribution in [3.8, 4) is 0 Å². The number of hydrogen-bond donors (Lipinski definition) is 1. The Hall–Kier alpha value is -0.610. The zero-order valence-electron chi connectivity index (χ0n) is 26.1. The van der Waals surface area contributed by atoms with Gasteiger partial charge in [-0.05, 0) is 58.8 Å². The fourth-order valence-electron chi connectivity index (χ4n) is 5.18. The molecule has 0 aromatic rings. The molecule has 2 unspecified atom stereocenters. The van der Waals surface area contributed by atoms with Gasteiger partial charge < -0.3 is 15.0 Å². The summed E-state index contributed by atoms with van der Waals surface area (Å²) in [5, 5.41) is 3.68. The number of nitrogens with one attached hydrogen (secondary N) is 1. The molecule has 0 amide bonds. The average molecular weight is 525 g/mol. The van der Waals surface area contributed by atoms with Gasteiger partial charge >= 0.3 is 5.97 Å². The summed E-state index contributed by atoms with van der Waals surface area (Å²) in [5.41, 5.74) is 0. The molecular weight excluding hydrogens is 456 g/mol. The quantitative estimate of drug-likeness (QED) is 0.0781. The molecule has 0 heterocycles. The van der Waals surface area contributed by atoms with E-state index < -0.39 is 0 Å². The molecule has 0 rings (SSSR count). The van der Waals surface area contributed by atoms with Crippen LogP contribution in [0.4, 0.5) is 0 Å². The number of esters is 1. The first kappa shape index (κ1) is 36.4. The van der Waals surface area contributed by atoms with Gasteiger partial charge in [0.15, 0.2) is 0 Å². The van der Waals surface area contributed by atoms with E-state index in [1.54, 1.807) is 0 Å². The molecule has 0 aromatic carbocycles. The van der Waals surface area contributed by atoms with Crippen molar-refractivity contribution < 1.29 is 9.53 Å². The van der Waals surface area contributed by atoms with Crippen LogP contribution in [0.25, 0.3) is 0 Å². The van der Waals surface area contributed by atoms with Crippen molar-refractivity contribution in [1.82, 2.24) is 10.2 Å². The van der Waals surface area contributed by atoms with Crippen LogP contribution >= 0.6 is 0 Å². The molecule has 4 heteroatoms. The topological polar surface area (TPSA) is 41.6 Å². The van der Waals surface area contributed by atoms with Crippen LogP contribution < -0.4 is 5.32 Å². The molecule has 0 aromatic heterocycles. The van der Waals surface area contributed by atoms with Gasteiger partial charge in [0.05, 0.1) is 13.0 Å². The second kappa shape index (κ2) is 28.4. The number of unbranched alkanes of at least 4 members (excludes halogenated alkanes) is 14. The lowest BCUT2D eigenvalue weighted by Gasteiger charge is -2.21. The maximum atomic E-state index is 12.9. The average Bonchev–Trinajstić information content (AvgIpc) is 2.88. The Balaban J connectivity index is 4.52. The van der Waals surface area contributed by atoms with Crippen molar-refractivity contribution in [3.63, 3.8) is 0 Å². The third-order valence-corrected chi connectivity index (χ3v) is 7.70. The zero-order valence-corrected chi connectivity index (χ0v) is 26.1. The third-order valence-electron chi connectivity index (χ3n) is 7.70. The van der Waals surface area contributed by atoms with E-state index in [0.29, 0.717) is 18.9 Å². The van der Waals surface area contributed by atoms with E-state index in [1.165, 1.54) is 122 Å². The molecule has 222 valence electrons. The molecule has 0 aliphatic carbocycles. The van der Waals surface area contributed by atoms with Crippen LogP contribution in [0.15, 0.2) is 0 Å². The molecule has 0 saturated heterocycles. The van der Waals surface area contributed by atoms with Gasteiger partial charge in [0.2, 0.25) is 0 Å². The van der Waals surface area contributed by atoms with E-state index in [1.807, 2.05) is 0 Å². The van der Waals surface area contributed by atoms with Crippen LogP contribution in [0.3, 0.4) is 0 Å². The number of ether oxygens (including phenoxy) is 1. The van der Waals surface area contributed by atoms with Gasteiger partial charge in [0, 0.05) is 6.04 Å². The predicted molar refractivity (Wildman–Crippen MR) is 163 cm³/mol. The number of hydrogen-bond acceptors (Lipinski definition) is 4. The summed E-state index contributed by atoms with van der Waals surface area (Å²) in [5.74, 6) is 0.552. The molecule has 4 nitrogen and oxygen atoms in total.